The fourth-order valence-corrected chi connectivity index (χ4v) is 9.11. The maximum absolute atomic E-state index is 12.9. The highest BCUT2D eigenvalue weighted by molar-refractivity contribution is 5.71. The molecule has 6 nitrogen and oxygen atoms in total. The van der Waals surface area contributed by atoms with Crippen LogP contribution in [0.25, 0.3) is 0 Å². The Morgan fingerprint density at radius 2 is 0.481 bits per heavy atom. The predicted octanol–water partition coefficient (Wildman–Crippen LogP) is 23.3. The van der Waals surface area contributed by atoms with Crippen molar-refractivity contribution in [3.63, 3.8) is 0 Å². The molecule has 0 saturated carbocycles. The first-order valence-corrected chi connectivity index (χ1v) is 33.7. The first-order valence-electron chi connectivity index (χ1n) is 33.7. The van der Waals surface area contributed by atoms with E-state index < -0.39 is 6.10 Å². The molecule has 0 N–H and O–H groups in total. The molecule has 0 aliphatic rings. The molecule has 0 aliphatic heterocycles. The fourth-order valence-electron chi connectivity index (χ4n) is 9.11. The van der Waals surface area contributed by atoms with Gasteiger partial charge in [0.25, 0.3) is 0 Å². The molecule has 0 aromatic rings. The predicted molar refractivity (Wildman–Crippen MR) is 353 cm³/mol. The summed E-state index contributed by atoms with van der Waals surface area (Å²) in [6, 6.07) is 0. The van der Waals surface area contributed by atoms with E-state index in [1.165, 1.54) is 141 Å². The molecule has 6 heteroatoms. The van der Waals surface area contributed by atoms with Crippen LogP contribution in [0.3, 0.4) is 0 Å². The normalized spacial score (nSPS) is 13.0. The Balaban J connectivity index is 4.38. The van der Waals surface area contributed by atoms with Crippen LogP contribution < -0.4 is 0 Å². The van der Waals surface area contributed by atoms with Crippen LogP contribution >= 0.6 is 0 Å². The number of rotatable bonds is 60. The molecule has 0 aliphatic carbocycles. The van der Waals surface area contributed by atoms with Gasteiger partial charge in [0.05, 0.1) is 0 Å². The van der Waals surface area contributed by atoms with Crippen LogP contribution in [0.4, 0.5) is 0 Å². The lowest BCUT2D eigenvalue weighted by Gasteiger charge is -2.18. The standard InChI is InChI=1S/C75H124O6/c1-4-7-10-13-16-19-22-25-27-29-30-31-32-33-34-35-36-37-38-39-40-41-42-43-44-46-47-50-53-56-59-62-65-68-74(77)80-71-72(70-79-73(76)67-64-61-58-55-52-49-24-21-18-15-12-9-6-3)81-75(78)69-66-63-60-57-54-51-48-45-28-26-23-20-17-14-11-8-5-2/h7,10,16,19,25-28,30-31,33-34,36-37,39-40,42-43,46-47,53,56,72H,4-6,8-9,11-15,17-18,20-24,29,32,35,38,41,44-45,48-52,54-55,57-71H2,1-3H3/b10-7-,19-16-,27-25-,28-26-,31-30-,34-33-,37-36-,40-39-,43-42-,47-46-,56-53-. The maximum atomic E-state index is 12.9. The van der Waals surface area contributed by atoms with E-state index in [4.69, 9.17) is 14.2 Å². The first kappa shape index (κ1) is 76.5. The van der Waals surface area contributed by atoms with Crippen molar-refractivity contribution in [2.24, 2.45) is 0 Å². The second-order valence-corrected chi connectivity index (χ2v) is 22.0. The van der Waals surface area contributed by atoms with Gasteiger partial charge in [0.15, 0.2) is 6.10 Å². The van der Waals surface area contributed by atoms with Gasteiger partial charge in [0.2, 0.25) is 0 Å². The number of hydrogen-bond donors (Lipinski definition) is 0. The van der Waals surface area contributed by atoms with Gasteiger partial charge in [-0.1, -0.05) is 296 Å². The summed E-state index contributed by atoms with van der Waals surface area (Å²) in [6.07, 6.45) is 96.1. The van der Waals surface area contributed by atoms with Crippen molar-refractivity contribution in [1.29, 1.82) is 0 Å². The SMILES string of the molecule is CC/C=C\C/C=C\C/C=C\C/C=C\C/C=C\C/C=C\C/C=C\C/C=C\C/C=C\C/C=C\CCCCC(=O)OCC(COC(=O)CCCCCCCCCCCCCCC)OC(=O)CCCCCCCCC/C=C\CCCCCCCC. The van der Waals surface area contributed by atoms with Crippen molar-refractivity contribution >= 4 is 17.9 Å². The third-order valence-corrected chi connectivity index (χ3v) is 14.1. The van der Waals surface area contributed by atoms with E-state index in [9.17, 15) is 14.4 Å². The maximum Gasteiger partial charge on any atom is 0.306 e. The molecule has 0 aromatic heterocycles. The molecule has 0 spiro atoms. The van der Waals surface area contributed by atoms with Crippen LogP contribution in [0.15, 0.2) is 134 Å². The zero-order chi connectivity index (χ0) is 58.5. The van der Waals surface area contributed by atoms with E-state index in [-0.39, 0.29) is 31.1 Å². The lowest BCUT2D eigenvalue weighted by Crippen LogP contribution is -2.30. The molecule has 0 bridgehead atoms. The molecule has 81 heavy (non-hydrogen) atoms. The number of esters is 3. The topological polar surface area (TPSA) is 78.9 Å². The molecule has 0 aromatic carbocycles. The van der Waals surface area contributed by atoms with Crippen molar-refractivity contribution in [3.05, 3.63) is 134 Å². The van der Waals surface area contributed by atoms with E-state index >= 15 is 0 Å². The summed E-state index contributed by atoms with van der Waals surface area (Å²) in [7, 11) is 0. The number of carbonyl (C=O) groups is 3. The van der Waals surface area contributed by atoms with E-state index in [0.717, 1.165) is 116 Å². The van der Waals surface area contributed by atoms with Crippen LogP contribution in [-0.4, -0.2) is 37.2 Å². The molecule has 0 amide bonds. The number of allylic oxidation sites excluding steroid dienone is 22. The van der Waals surface area contributed by atoms with Gasteiger partial charge in [-0.25, -0.2) is 0 Å². The van der Waals surface area contributed by atoms with Crippen molar-refractivity contribution < 1.29 is 28.6 Å². The van der Waals surface area contributed by atoms with Crippen molar-refractivity contribution in [2.75, 3.05) is 13.2 Å². The highest BCUT2D eigenvalue weighted by atomic mass is 16.6. The highest BCUT2D eigenvalue weighted by Gasteiger charge is 2.19. The molecular formula is C75H124O6. The van der Waals surface area contributed by atoms with Crippen LogP contribution in [0, 0.1) is 0 Å². The minimum Gasteiger partial charge on any atom is -0.462 e. The van der Waals surface area contributed by atoms with Gasteiger partial charge in [-0.15, -0.1) is 0 Å². The van der Waals surface area contributed by atoms with Gasteiger partial charge in [-0.3, -0.25) is 14.4 Å². The molecule has 1 unspecified atom stereocenters. The lowest BCUT2D eigenvalue weighted by atomic mass is 10.0. The Morgan fingerprint density at radius 1 is 0.259 bits per heavy atom. The van der Waals surface area contributed by atoms with Gasteiger partial charge < -0.3 is 14.2 Å². The number of hydrogen-bond acceptors (Lipinski definition) is 6. The Morgan fingerprint density at radius 3 is 0.790 bits per heavy atom. The summed E-state index contributed by atoms with van der Waals surface area (Å²) in [6.45, 7) is 6.50. The summed E-state index contributed by atoms with van der Waals surface area (Å²) < 4.78 is 16.9. The Hall–Kier alpha value is -4.45. The molecule has 0 radical (unpaired) electrons. The molecule has 0 saturated heterocycles. The minimum absolute atomic E-state index is 0.0935. The van der Waals surface area contributed by atoms with Crippen LogP contribution in [0.5, 0.6) is 0 Å². The monoisotopic (exact) mass is 1120 g/mol. The molecule has 0 heterocycles. The summed E-state index contributed by atoms with van der Waals surface area (Å²) in [5, 5.41) is 0. The minimum atomic E-state index is -0.801. The van der Waals surface area contributed by atoms with Crippen molar-refractivity contribution in [2.45, 2.75) is 309 Å². The van der Waals surface area contributed by atoms with Crippen molar-refractivity contribution in [3.8, 4) is 0 Å². The number of carbonyl (C=O) groups excluding carboxylic acids is 3. The highest BCUT2D eigenvalue weighted by Crippen LogP contribution is 2.16. The number of ether oxygens (including phenoxy) is 3. The van der Waals surface area contributed by atoms with Gasteiger partial charge in [-0.2, -0.15) is 0 Å². The third-order valence-electron chi connectivity index (χ3n) is 14.1. The Kier molecular flexibility index (Phi) is 64.3. The zero-order valence-electron chi connectivity index (χ0n) is 52.8. The number of unbranched alkanes of at least 4 members (excludes halogenated alkanes) is 27. The lowest BCUT2D eigenvalue weighted by molar-refractivity contribution is -0.167. The molecule has 1 atom stereocenters. The van der Waals surface area contributed by atoms with Gasteiger partial charge in [0, 0.05) is 19.3 Å². The first-order chi connectivity index (χ1) is 40.0. The third kappa shape index (κ3) is 66.2. The second-order valence-electron chi connectivity index (χ2n) is 22.0. The van der Waals surface area contributed by atoms with Crippen LogP contribution in [-0.2, 0) is 28.6 Å². The molecular weight excluding hydrogens is 997 g/mol. The summed E-state index contributed by atoms with van der Waals surface area (Å²) in [4.78, 5) is 38.3. The summed E-state index contributed by atoms with van der Waals surface area (Å²) in [5.74, 6) is -0.938. The van der Waals surface area contributed by atoms with E-state index in [0.29, 0.717) is 25.7 Å². The average molecular weight is 1120 g/mol. The molecule has 460 valence electrons. The smallest absolute Gasteiger partial charge is 0.306 e. The Labute approximate surface area is 500 Å². The Bertz CT molecular complexity index is 1720. The van der Waals surface area contributed by atoms with Crippen LogP contribution in [0.2, 0.25) is 0 Å². The summed E-state index contributed by atoms with van der Waals surface area (Å²) in [5.41, 5.74) is 0. The largest absolute Gasteiger partial charge is 0.462 e. The van der Waals surface area contributed by atoms with E-state index in [1.54, 1.807) is 0 Å². The van der Waals surface area contributed by atoms with E-state index in [1.807, 2.05) is 0 Å². The van der Waals surface area contributed by atoms with E-state index in [2.05, 4.69) is 154 Å². The van der Waals surface area contributed by atoms with Gasteiger partial charge >= 0.3 is 17.9 Å². The molecule has 0 fully saturated rings. The second kappa shape index (κ2) is 68.1. The summed E-state index contributed by atoms with van der Waals surface area (Å²) >= 11 is 0. The van der Waals surface area contributed by atoms with Crippen molar-refractivity contribution in [1.82, 2.24) is 0 Å². The van der Waals surface area contributed by atoms with Gasteiger partial charge in [-0.05, 0) is 122 Å². The average Bonchev–Trinajstić information content (AvgIpc) is 3.46. The fraction of sp³-hybridized carbons (Fsp3) is 0.667. The quantitative estimate of drug-likeness (QED) is 0.0261. The zero-order valence-corrected chi connectivity index (χ0v) is 52.8. The van der Waals surface area contributed by atoms with Gasteiger partial charge in [0.1, 0.15) is 13.2 Å². The van der Waals surface area contributed by atoms with Crippen LogP contribution in [0.1, 0.15) is 303 Å². The molecule has 0 rings (SSSR count).